The molecule has 1 aromatic carbocycles. The van der Waals surface area contributed by atoms with E-state index < -0.39 is 23.2 Å². The summed E-state index contributed by atoms with van der Waals surface area (Å²) in [4.78, 5) is 23.0. The Morgan fingerprint density at radius 1 is 1.25 bits per heavy atom. The van der Waals surface area contributed by atoms with E-state index in [1.807, 2.05) is 0 Å². The van der Waals surface area contributed by atoms with Crippen molar-refractivity contribution < 1.29 is 28.2 Å². The number of nitrogens with one attached hydrogen (secondary N) is 1. The van der Waals surface area contributed by atoms with Crippen molar-refractivity contribution in [1.29, 1.82) is 0 Å². The summed E-state index contributed by atoms with van der Waals surface area (Å²) in [6.07, 6.45) is 2.15. The van der Waals surface area contributed by atoms with Crippen molar-refractivity contribution in [3.63, 3.8) is 0 Å². The fourth-order valence-electron chi connectivity index (χ4n) is 3.56. The van der Waals surface area contributed by atoms with Gasteiger partial charge in [-0.3, -0.25) is 9.59 Å². The topological polar surface area (TPSA) is 75.6 Å². The summed E-state index contributed by atoms with van der Waals surface area (Å²) in [5.74, 6) is -3.37. The van der Waals surface area contributed by atoms with E-state index in [1.165, 1.54) is 6.07 Å². The van der Waals surface area contributed by atoms with Crippen molar-refractivity contribution >= 4 is 11.9 Å². The third-order valence-corrected chi connectivity index (χ3v) is 4.79. The number of carbonyl (C=O) groups is 2. The molecular formula is C17H19F2NO4. The zero-order chi connectivity index (χ0) is 17.3. The van der Waals surface area contributed by atoms with Crippen molar-refractivity contribution in [3.05, 3.63) is 35.4 Å². The van der Waals surface area contributed by atoms with Crippen LogP contribution in [0.5, 0.6) is 0 Å². The van der Waals surface area contributed by atoms with Gasteiger partial charge in [0.25, 0.3) is 0 Å². The van der Waals surface area contributed by atoms with E-state index in [9.17, 15) is 18.4 Å². The molecule has 1 spiro atoms. The maximum Gasteiger partial charge on any atom is 0.306 e. The maximum atomic E-state index is 13.2. The minimum Gasteiger partial charge on any atom is -0.481 e. The van der Waals surface area contributed by atoms with Gasteiger partial charge in [-0.1, -0.05) is 6.07 Å². The molecule has 2 aliphatic rings. The highest BCUT2D eigenvalue weighted by atomic mass is 19.2. The van der Waals surface area contributed by atoms with Crippen molar-refractivity contribution in [1.82, 2.24) is 5.32 Å². The quantitative estimate of drug-likeness (QED) is 0.880. The fraction of sp³-hybridized carbons (Fsp3) is 0.529. The molecule has 1 saturated carbocycles. The number of aliphatic carboxylic acids is 1. The third-order valence-electron chi connectivity index (χ3n) is 4.79. The van der Waals surface area contributed by atoms with Gasteiger partial charge in [0.1, 0.15) is 0 Å². The van der Waals surface area contributed by atoms with Crippen molar-refractivity contribution in [2.24, 2.45) is 5.92 Å². The second-order valence-corrected chi connectivity index (χ2v) is 6.66. The molecule has 3 rings (SSSR count). The van der Waals surface area contributed by atoms with Gasteiger partial charge in [0.15, 0.2) is 11.6 Å². The zero-order valence-electron chi connectivity index (χ0n) is 13.1. The smallest absolute Gasteiger partial charge is 0.306 e. The standard InChI is InChI=1S/C17H19F2NO4/c18-13-2-1-10(5-14(13)19)6-15(21)20-12-3-4-24-17(9-12)7-11(8-17)16(22)23/h1-2,5,11-12H,3-4,6-9H2,(H,20,21)(H,22,23). The molecule has 1 aromatic rings. The van der Waals surface area contributed by atoms with Crippen molar-refractivity contribution in [2.75, 3.05) is 6.61 Å². The third kappa shape index (κ3) is 3.56. The number of amides is 1. The first-order valence-corrected chi connectivity index (χ1v) is 7.97. The van der Waals surface area contributed by atoms with Crippen LogP contribution in [0.1, 0.15) is 31.2 Å². The van der Waals surface area contributed by atoms with Crippen LogP contribution in [0.4, 0.5) is 8.78 Å². The van der Waals surface area contributed by atoms with Crippen molar-refractivity contribution in [2.45, 2.75) is 43.7 Å². The predicted molar refractivity (Wildman–Crippen MR) is 80.3 cm³/mol. The van der Waals surface area contributed by atoms with Crippen LogP contribution in [0.2, 0.25) is 0 Å². The number of ether oxygens (including phenoxy) is 1. The Labute approximate surface area is 138 Å². The van der Waals surface area contributed by atoms with Crippen LogP contribution in [0, 0.1) is 17.6 Å². The Morgan fingerprint density at radius 3 is 2.67 bits per heavy atom. The Balaban J connectivity index is 1.53. The van der Waals surface area contributed by atoms with Gasteiger partial charge in [-0.15, -0.1) is 0 Å². The number of carboxylic acids is 1. The number of rotatable bonds is 4. The second-order valence-electron chi connectivity index (χ2n) is 6.66. The summed E-state index contributed by atoms with van der Waals surface area (Å²) in [7, 11) is 0. The Kier molecular flexibility index (Phi) is 4.54. The second kappa shape index (κ2) is 6.47. The van der Waals surface area contributed by atoms with Gasteiger partial charge in [0.05, 0.1) is 17.9 Å². The molecule has 0 bridgehead atoms. The number of hydrogen-bond donors (Lipinski definition) is 2. The van der Waals surface area contributed by atoms with Gasteiger partial charge in [0, 0.05) is 12.6 Å². The lowest BCUT2D eigenvalue weighted by Gasteiger charge is -2.50. The lowest BCUT2D eigenvalue weighted by atomic mass is 9.66. The molecule has 1 amide bonds. The van der Waals surface area contributed by atoms with E-state index in [0.29, 0.717) is 37.9 Å². The van der Waals surface area contributed by atoms with E-state index in [1.54, 1.807) is 0 Å². The number of hydrogen-bond acceptors (Lipinski definition) is 3. The first kappa shape index (κ1) is 16.8. The molecule has 1 saturated heterocycles. The highest BCUT2D eigenvalue weighted by Gasteiger charge is 2.51. The maximum absolute atomic E-state index is 13.2. The highest BCUT2D eigenvalue weighted by Crippen LogP contribution is 2.46. The lowest BCUT2D eigenvalue weighted by molar-refractivity contribution is -0.182. The lowest BCUT2D eigenvalue weighted by Crippen LogP contribution is -2.56. The van der Waals surface area contributed by atoms with Crippen molar-refractivity contribution in [3.8, 4) is 0 Å². The first-order valence-electron chi connectivity index (χ1n) is 7.97. The monoisotopic (exact) mass is 339 g/mol. The summed E-state index contributed by atoms with van der Waals surface area (Å²) in [5, 5.41) is 11.9. The van der Waals surface area contributed by atoms with E-state index in [0.717, 1.165) is 12.1 Å². The Hall–Kier alpha value is -2.02. The van der Waals surface area contributed by atoms with Crippen LogP contribution >= 0.6 is 0 Å². The molecule has 7 heteroatoms. The largest absolute Gasteiger partial charge is 0.481 e. The molecule has 5 nitrogen and oxygen atoms in total. The fourth-order valence-corrected chi connectivity index (χ4v) is 3.56. The summed E-state index contributed by atoms with van der Waals surface area (Å²) in [6.45, 7) is 0.475. The zero-order valence-corrected chi connectivity index (χ0v) is 13.1. The predicted octanol–water partition coefficient (Wildman–Crippen LogP) is 2.04. The number of benzene rings is 1. The first-order chi connectivity index (χ1) is 11.4. The normalized spacial score (nSPS) is 29.1. The van der Waals surface area contributed by atoms with Crippen LogP contribution < -0.4 is 5.32 Å². The Bertz CT molecular complexity index is 658. The van der Waals surface area contributed by atoms with Crippen LogP contribution in [0.25, 0.3) is 0 Å². The summed E-state index contributed by atoms with van der Waals surface area (Å²) in [5.41, 5.74) is -0.0379. The molecule has 1 heterocycles. The van der Waals surface area contributed by atoms with Gasteiger partial charge in [-0.25, -0.2) is 8.78 Å². The molecule has 2 N–H and O–H groups in total. The number of carbonyl (C=O) groups excluding carboxylic acids is 1. The van der Waals surface area contributed by atoms with E-state index in [4.69, 9.17) is 9.84 Å². The van der Waals surface area contributed by atoms with Crippen LogP contribution in [-0.4, -0.2) is 35.2 Å². The molecule has 1 atom stereocenters. The minimum atomic E-state index is -0.973. The number of carboxylic acid groups (broad SMARTS) is 1. The van der Waals surface area contributed by atoms with Gasteiger partial charge >= 0.3 is 5.97 Å². The number of halogens is 2. The molecular weight excluding hydrogens is 320 g/mol. The van der Waals surface area contributed by atoms with Gasteiger partial charge in [0.2, 0.25) is 5.91 Å². The summed E-state index contributed by atoms with van der Waals surface area (Å²) >= 11 is 0. The van der Waals surface area contributed by atoms with Gasteiger partial charge in [-0.2, -0.15) is 0 Å². The molecule has 1 aliphatic carbocycles. The SMILES string of the molecule is O=C(Cc1ccc(F)c(F)c1)NC1CCOC2(C1)CC(C(=O)O)C2. The van der Waals surface area contributed by atoms with Crippen LogP contribution in [-0.2, 0) is 20.7 Å². The molecule has 2 fully saturated rings. The molecule has 130 valence electrons. The van der Waals surface area contributed by atoms with E-state index in [2.05, 4.69) is 5.32 Å². The van der Waals surface area contributed by atoms with Gasteiger partial charge < -0.3 is 15.2 Å². The Morgan fingerprint density at radius 2 is 2.00 bits per heavy atom. The highest BCUT2D eigenvalue weighted by molar-refractivity contribution is 5.79. The summed E-state index contributed by atoms with van der Waals surface area (Å²) < 4.78 is 31.8. The molecule has 1 unspecified atom stereocenters. The van der Waals surface area contributed by atoms with E-state index in [-0.39, 0.29) is 24.3 Å². The van der Waals surface area contributed by atoms with Crippen LogP contribution in [0.15, 0.2) is 18.2 Å². The molecule has 1 aliphatic heterocycles. The molecule has 0 radical (unpaired) electrons. The molecule has 0 aromatic heterocycles. The van der Waals surface area contributed by atoms with E-state index >= 15 is 0 Å². The van der Waals surface area contributed by atoms with Crippen LogP contribution in [0.3, 0.4) is 0 Å². The molecule has 24 heavy (non-hydrogen) atoms. The average Bonchev–Trinajstić information content (AvgIpc) is 2.48. The minimum absolute atomic E-state index is 0.0285. The average molecular weight is 339 g/mol. The van der Waals surface area contributed by atoms with Gasteiger partial charge in [-0.05, 0) is 43.4 Å². The summed E-state index contributed by atoms with van der Waals surface area (Å²) in [6, 6.07) is 3.31.